The van der Waals surface area contributed by atoms with Crippen molar-refractivity contribution in [1.82, 2.24) is 9.80 Å². The van der Waals surface area contributed by atoms with E-state index in [4.69, 9.17) is 0 Å². The maximum atomic E-state index is 12.4. The van der Waals surface area contributed by atoms with Gasteiger partial charge in [-0.05, 0) is 44.8 Å². The summed E-state index contributed by atoms with van der Waals surface area (Å²) >= 11 is 0. The van der Waals surface area contributed by atoms with Gasteiger partial charge < -0.3 is 14.9 Å². The Morgan fingerprint density at radius 3 is 2.39 bits per heavy atom. The SMILES string of the molecule is CN1CCC(C(=O)N2CCC(C)(C)C(O)C2)CC1. The van der Waals surface area contributed by atoms with Gasteiger partial charge in [0.15, 0.2) is 0 Å². The van der Waals surface area contributed by atoms with Crippen LogP contribution in [0.4, 0.5) is 0 Å². The maximum absolute atomic E-state index is 12.4. The van der Waals surface area contributed by atoms with E-state index in [2.05, 4.69) is 25.8 Å². The number of carbonyl (C=O) groups excluding carboxylic acids is 1. The molecule has 0 bridgehead atoms. The Morgan fingerprint density at radius 1 is 1.22 bits per heavy atom. The van der Waals surface area contributed by atoms with Gasteiger partial charge >= 0.3 is 0 Å². The summed E-state index contributed by atoms with van der Waals surface area (Å²) in [5, 5.41) is 10.1. The predicted octanol–water partition coefficient (Wildman–Crippen LogP) is 0.948. The number of nitrogens with zero attached hydrogens (tertiary/aromatic N) is 2. The van der Waals surface area contributed by atoms with E-state index in [1.54, 1.807) is 0 Å². The molecule has 4 heteroatoms. The van der Waals surface area contributed by atoms with Gasteiger partial charge in [0, 0.05) is 19.0 Å². The van der Waals surface area contributed by atoms with Crippen molar-refractivity contribution in [1.29, 1.82) is 0 Å². The summed E-state index contributed by atoms with van der Waals surface area (Å²) in [4.78, 5) is 16.6. The van der Waals surface area contributed by atoms with Crippen molar-refractivity contribution in [2.75, 3.05) is 33.2 Å². The van der Waals surface area contributed by atoms with Crippen LogP contribution in [0.5, 0.6) is 0 Å². The van der Waals surface area contributed by atoms with Gasteiger partial charge in [-0.3, -0.25) is 4.79 Å². The van der Waals surface area contributed by atoms with E-state index in [0.29, 0.717) is 6.54 Å². The van der Waals surface area contributed by atoms with Gasteiger partial charge in [0.2, 0.25) is 5.91 Å². The van der Waals surface area contributed by atoms with Gasteiger partial charge in [-0.1, -0.05) is 13.8 Å². The predicted molar refractivity (Wildman–Crippen MR) is 71.2 cm³/mol. The maximum Gasteiger partial charge on any atom is 0.225 e. The molecule has 1 unspecified atom stereocenters. The van der Waals surface area contributed by atoms with Crippen LogP contribution < -0.4 is 0 Å². The molecule has 18 heavy (non-hydrogen) atoms. The fraction of sp³-hybridized carbons (Fsp3) is 0.929. The van der Waals surface area contributed by atoms with E-state index < -0.39 is 0 Å². The highest BCUT2D eigenvalue weighted by Crippen LogP contribution is 2.31. The molecule has 1 atom stereocenters. The van der Waals surface area contributed by atoms with Crippen molar-refractivity contribution in [3.05, 3.63) is 0 Å². The van der Waals surface area contributed by atoms with E-state index in [-0.39, 0.29) is 23.3 Å². The number of aliphatic hydroxyl groups excluding tert-OH is 1. The molecule has 0 aliphatic carbocycles. The molecule has 0 aromatic heterocycles. The number of rotatable bonds is 1. The minimum Gasteiger partial charge on any atom is -0.391 e. The third-order valence-electron chi connectivity index (χ3n) is 4.70. The van der Waals surface area contributed by atoms with Gasteiger partial charge in [0.25, 0.3) is 0 Å². The van der Waals surface area contributed by atoms with E-state index in [0.717, 1.165) is 38.9 Å². The molecule has 0 aromatic carbocycles. The molecule has 0 saturated carbocycles. The quantitative estimate of drug-likeness (QED) is 0.757. The van der Waals surface area contributed by atoms with E-state index in [1.807, 2.05) is 4.90 Å². The zero-order valence-electron chi connectivity index (χ0n) is 11.9. The third-order valence-corrected chi connectivity index (χ3v) is 4.70. The molecule has 2 heterocycles. The summed E-state index contributed by atoms with van der Waals surface area (Å²) in [6.45, 7) is 7.49. The van der Waals surface area contributed by atoms with Gasteiger partial charge in [-0.25, -0.2) is 0 Å². The molecule has 2 aliphatic rings. The molecular weight excluding hydrogens is 228 g/mol. The first-order valence-electron chi connectivity index (χ1n) is 7.05. The number of likely N-dealkylation sites (tertiary alicyclic amines) is 2. The van der Waals surface area contributed by atoms with E-state index in [9.17, 15) is 9.90 Å². The molecule has 2 aliphatic heterocycles. The Kier molecular flexibility index (Phi) is 3.97. The molecule has 4 nitrogen and oxygen atoms in total. The zero-order valence-corrected chi connectivity index (χ0v) is 11.9. The molecule has 2 fully saturated rings. The topological polar surface area (TPSA) is 43.8 Å². The van der Waals surface area contributed by atoms with Crippen molar-refractivity contribution in [2.45, 2.75) is 39.2 Å². The highest BCUT2D eigenvalue weighted by molar-refractivity contribution is 5.79. The Labute approximate surface area is 110 Å². The molecule has 0 aromatic rings. The minimum atomic E-state index is -0.388. The van der Waals surface area contributed by atoms with Crippen LogP contribution in [0.3, 0.4) is 0 Å². The van der Waals surface area contributed by atoms with Crippen LogP contribution in [0.15, 0.2) is 0 Å². The molecule has 104 valence electrons. The molecular formula is C14H26N2O2. The fourth-order valence-electron chi connectivity index (χ4n) is 2.85. The molecule has 2 saturated heterocycles. The average molecular weight is 254 g/mol. The lowest BCUT2D eigenvalue weighted by Gasteiger charge is -2.42. The second kappa shape index (κ2) is 5.17. The van der Waals surface area contributed by atoms with E-state index >= 15 is 0 Å². The molecule has 1 amide bonds. The Morgan fingerprint density at radius 2 is 1.83 bits per heavy atom. The van der Waals surface area contributed by atoms with Crippen molar-refractivity contribution in [3.63, 3.8) is 0 Å². The number of carbonyl (C=O) groups is 1. The summed E-state index contributed by atoms with van der Waals surface area (Å²) in [6, 6.07) is 0. The minimum absolute atomic E-state index is 0.0520. The third kappa shape index (κ3) is 2.86. The van der Waals surface area contributed by atoms with Crippen molar-refractivity contribution >= 4 is 5.91 Å². The highest BCUT2D eigenvalue weighted by atomic mass is 16.3. The molecule has 0 spiro atoms. The monoisotopic (exact) mass is 254 g/mol. The lowest BCUT2D eigenvalue weighted by molar-refractivity contribution is -0.143. The average Bonchev–Trinajstić information content (AvgIpc) is 2.33. The number of β-amino-alcohol motifs (C(OH)–C–C–N with tert-alkyl or cyclic N) is 1. The van der Waals surface area contributed by atoms with E-state index in [1.165, 1.54) is 0 Å². The van der Waals surface area contributed by atoms with Crippen LogP contribution in [0.2, 0.25) is 0 Å². The molecule has 2 rings (SSSR count). The Bertz CT molecular complexity index is 309. The smallest absolute Gasteiger partial charge is 0.225 e. The first-order valence-corrected chi connectivity index (χ1v) is 7.05. The van der Waals surface area contributed by atoms with Crippen LogP contribution in [0, 0.1) is 11.3 Å². The first-order chi connectivity index (χ1) is 8.40. The normalized spacial score (nSPS) is 30.4. The van der Waals surface area contributed by atoms with Gasteiger partial charge in [-0.2, -0.15) is 0 Å². The standard InChI is InChI=1S/C14H26N2O2/c1-14(2)6-9-16(10-12(14)17)13(18)11-4-7-15(3)8-5-11/h11-12,17H,4-10H2,1-3H3. The molecule has 1 N–H and O–H groups in total. The van der Waals surface area contributed by atoms with Crippen LogP contribution in [-0.4, -0.2) is 60.1 Å². The fourth-order valence-corrected chi connectivity index (χ4v) is 2.85. The number of aliphatic hydroxyl groups is 1. The van der Waals surface area contributed by atoms with Crippen LogP contribution in [0.25, 0.3) is 0 Å². The van der Waals surface area contributed by atoms with Crippen LogP contribution >= 0.6 is 0 Å². The van der Waals surface area contributed by atoms with Crippen molar-refractivity contribution < 1.29 is 9.90 Å². The highest BCUT2D eigenvalue weighted by Gasteiger charge is 2.37. The number of piperidine rings is 2. The number of hydrogen-bond acceptors (Lipinski definition) is 3. The second-order valence-corrected chi connectivity index (χ2v) is 6.62. The number of amides is 1. The Balaban J connectivity index is 1.90. The molecule has 0 radical (unpaired) electrons. The van der Waals surface area contributed by atoms with Crippen LogP contribution in [-0.2, 0) is 4.79 Å². The van der Waals surface area contributed by atoms with Gasteiger partial charge in [0.05, 0.1) is 6.10 Å². The van der Waals surface area contributed by atoms with Crippen molar-refractivity contribution in [3.8, 4) is 0 Å². The largest absolute Gasteiger partial charge is 0.391 e. The second-order valence-electron chi connectivity index (χ2n) is 6.62. The van der Waals surface area contributed by atoms with Crippen LogP contribution in [0.1, 0.15) is 33.1 Å². The lowest BCUT2D eigenvalue weighted by atomic mass is 9.79. The Hall–Kier alpha value is -0.610. The first kappa shape index (κ1) is 13.8. The zero-order chi connectivity index (χ0) is 13.3. The van der Waals surface area contributed by atoms with Gasteiger partial charge in [0.1, 0.15) is 0 Å². The van der Waals surface area contributed by atoms with Gasteiger partial charge in [-0.15, -0.1) is 0 Å². The summed E-state index contributed by atoms with van der Waals surface area (Å²) in [7, 11) is 2.11. The summed E-state index contributed by atoms with van der Waals surface area (Å²) in [5.74, 6) is 0.437. The number of hydrogen-bond donors (Lipinski definition) is 1. The lowest BCUT2D eigenvalue weighted by Crippen LogP contribution is -2.52. The summed E-state index contributed by atoms with van der Waals surface area (Å²) in [6.07, 6.45) is 2.44. The summed E-state index contributed by atoms with van der Waals surface area (Å²) in [5.41, 5.74) is -0.0520. The summed E-state index contributed by atoms with van der Waals surface area (Å²) < 4.78 is 0. The van der Waals surface area contributed by atoms with Crippen molar-refractivity contribution in [2.24, 2.45) is 11.3 Å².